The molecule has 3 rings (SSSR count). The summed E-state index contributed by atoms with van der Waals surface area (Å²) in [5.41, 5.74) is 7.86. The van der Waals surface area contributed by atoms with E-state index >= 15 is 0 Å². The molecule has 0 amide bonds. The molecule has 2 N–H and O–H groups in total. The van der Waals surface area contributed by atoms with Gasteiger partial charge in [-0.2, -0.15) is 0 Å². The molecular weight excluding hydrogens is 254 g/mol. The van der Waals surface area contributed by atoms with Crippen LogP contribution in [0.3, 0.4) is 0 Å². The second-order valence-corrected chi connectivity index (χ2v) is 4.47. The summed E-state index contributed by atoms with van der Waals surface area (Å²) < 4.78 is 10.7. The van der Waals surface area contributed by atoms with E-state index in [-0.39, 0.29) is 12.4 Å². The molecule has 100 valence electrons. The summed E-state index contributed by atoms with van der Waals surface area (Å²) in [7, 11) is 0. The predicted octanol–water partition coefficient (Wildman–Crippen LogP) is 3.37. The number of benzene rings is 2. The Hall–Kier alpha value is -2.75. The Morgan fingerprint density at radius 1 is 1.10 bits per heavy atom. The third-order valence-electron chi connectivity index (χ3n) is 2.95. The number of nitrogen functional groups attached to an aromatic ring is 1. The highest BCUT2D eigenvalue weighted by molar-refractivity contribution is 5.93. The molecule has 0 saturated heterocycles. The fraction of sp³-hybridized carbons (Fsp3) is 0.0625. The number of hydrogen-bond acceptors (Lipinski definition) is 4. The highest BCUT2D eigenvalue weighted by atomic mass is 16.5. The predicted molar refractivity (Wildman–Crippen MR) is 76.2 cm³/mol. The number of anilines is 1. The van der Waals surface area contributed by atoms with Gasteiger partial charge in [0.2, 0.25) is 5.76 Å². The van der Waals surface area contributed by atoms with E-state index in [2.05, 4.69) is 0 Å². The summed E-state index contributed by atoms with van der Waals surface area (Å²) >= 11 is 0. The van der Waals surface area contributed by atoms with Gasteiger partial charge in [0, 0.05) is 11.1 Å². The monoisotopic (exact) mass is 267 g/mol. The van der Waals surface area contributed by atoms with Gasteiger partial charge in [0.25, 0.3) is 0 Å². The first kappa shape index (κ1) is 12.3. The van der Waals surface area contributed by atoms with Crippen molar-refractivity contribution in [1.82, 2.24) is 0 Å². The number of carbonyl (C=O) groups excluding carboxylic acids is 1. The molecule has 1 heterocycles. The Balaban J connectivity index is 1.75. The number of ether oxygens (including phenoxy) is 1. The number of nitrogens with two attached hydrogens (primary N) is 1. The topological polar surface area (TPSA) is 65.5 Å². The first-order chi connectivity index (χ1) is 9.72. The molecule has 0 bridgehead atoms. The van der Waals surface area contributed by atoms with E-state index < -0.39 is 5.97 Å². The Labute approximate surface area is 115 Å². The minimum atomic E-state index is -0.483. The van der Waals surface area contributed by atoms with Gasteiger partial charge in [-0.05, 0) is 29.8 Å². The van der Waals surface area contributed by atoms with E-state index in [4.69, 9.17) is 14.9 Å². The minimum Gasteiger partial charge on any atom is -0.455 e. The maximum absolute atomic E-state index is 11.9. The van der Waals surface area contributed by atoms with Gasteiger partial charge in [0.05, 0.1) is 0 Å². The highest BCUT2D eigenvalue weighted by Crippen LogP contribution is 2.22. The average molecular weight is 267 g/mol. The van der Waals surface area contributed by atoms with Crippen LogP contribution in [0.25, 0.3) is 11.0 Å². The lowest BCUT2D eigenvalue weighted by Crippen LogP contribution is -2.03. The van der Waals surface area contributed by atoms with Crippen LogP contribution in [-0.4, -0.2) is 5.97 Å². The van der Waals surface area contributed by atoms with Gasteiger partial charge in [0.15, 0.2) is 0 Å². The zero-order chi connectivity index (χ0) is 13.9. The maximum Gasteiger partial charge on any atom is 0.374 e. The zero-order valence-electron chi connectivity index (χ0n) is 10.7. The van der Waals surface area contributed by atoms with Gasteiger partial charge in [-0.3, -0.25) is 0 Å². The fourth-order valence-corrected chi connectivity index (χ4v) is 1.96. The molecule has 0 aliphatic rings. The van der Waals surface area contributed by atoms with Crippen LogP contribution in [0, 0.1) is 0 Å². The van der Waals surface area contributed by atoms with Crippen molar-refractivity contribution in [3.8, 4) is 0 Å². The van der Waals surface area contributed by atoms with Gasteiger partial charge in [-0.25, -0.2) is 4.79 Å². The molecule has 4 heteroatoms. The number of esters is 1. The van der Waals surface area contributed by atoms with Crippen LogP contribution >= 0.6 is 0 Å². The van der Waals surface area contributed by atoms with Crippen molar-refractivity contribution in [3.63, 3.8) is 0 Å². The van der Waals surface area contributed by atoms with Crippen LogP contribution in [0.2, 0.25) is 0 Å². The van der Waals surface area contributed by atoms with Crippen molar-refractivity contribution in [2.45, 2.75) is 6.61 Å². The van der Waals surface area contributed by atoms with E-state index in [0.29, 0.717) is 11.3 Å². The normalized spacial score (nSPS) is 10.6. The van der Waals surface area contributed by atoms with Crippen molar-refractivity contribution in [2.24, 2.45) is 0 Å². The van der Waals surface area contributed by atoms with Crippen LogP contribution in [-0.2, 0) is 11.3 Å². The minimum absolute atomic E-state index is 0.182. The number of fused-ring (bicyclic) bond motifs is 1. The second-order valence-electron chi connectivity index (χ2n) is 4.47. The Morgan fingerprint density at radius 3 is 2.70 bits per heavy atom. The van der Waals surface area contributed by atoms with Gasteiger partial charge in [0.1, 0.15) is 12.2 Å². The largest absolute Gasteiger partial charge is 0.455 e. The van der Waals surface area contributed by atoms with Crippen LogP contribution in [0.1, 0.15) is 16.1 Å². The molecule has 3 aromatic rings. The maximum atomic E-state index is 11.9. The number of carbonyl (C=O) groups is 1. The summed E-state index contributed by atoms with van der Waals surface area (Å²) in [6, 6.07) is 16.4. The lowest BCUT2D eigenvalue weighted by molar-refractivity contribution is 0.0439. The van der Waals surface area contributed by atoms with E-state index in [1.807, 2.05) is 30.3 Å². The molecule has 0 fully saturated rings. The summed E-state index contributed by atoms with van der Waals surface area (Å²) in [6.07, 6.45) is 0. The first-order valence-electron chi connectivity index (χ1n) is 6.22. The standard InChI is InChI=1S/C16H13NO3/c17-13-6-7-14-12(8-13)9-15(20-14)16(18)19-10-11-4-2-1-3-5-11/h1-9H,10,17H2. The highest BCUT2D eigenvalue weighted by Gasteiger charge is 2.13. The van der Waals surface area contributed by atoms with Crippen molar-refractivity contribution < 1.29 is 13.9 Å². The molecule has 0 unspecified atom stereocenters. The molecule has 1 aromatic heterocycles. The van der Waals surface area contributed by atoms with E-state index in [1.54, 1.807) is 24.3 Å². The number of hydrogen-bond donors (Lipinski definition) is 1. The Kier molecular flexibility index (Phi) is 3.13. The van der Waals surface area contributed by atoms with Gasteiger partial charge in [-0.1, -0.05) is 30.3 Å². The lowest BCUT2D eigenvalue weighted by Gasteiger charge is -2.02. The van der Waals surface area contributed by atoms with Gasteiger partial charge in [-0.15, -0.1) is 0 Å². The van der Waals surface area contributed by atoms with Crippen molar-refractivity contribution in [2.75, 3.05) is 5.73 Å². The fourth-order valence-electron chi connectivity index (χ4n) is 1.96. The Morgan fingerprint density at radius 2 is 1.90 bits per heavy atom. The van der Waals surface area contributed by atoms with E-state index in [9.17, 15) is 4.79 Å². The summed E-state index contributed by atoms with van der Waals surface area (Å²) in [6.45, 7) is 0.221. The van der Waals surface area contributed by atoms with E-state index in [0.717, 1.165) is 10.9 Å². The van der Waals surface area contributed by atoms with Crippen LogP contribution in [0.4, 0.5) is 5.69 Å². The van der Waals surface area contributed by atoms with Gasteiger partial charge >= 0.3 is 5.97 Å². The molecular formula is C16H13NO3. The number of furan rings is 1. The molecule has 2 aromatic carbocycles. The summed E-state index contributed by atoms with van der Waals surface area (Å²) in [4.78, 5) is 11.9. The molecule has 0 atom stereocenters. The zero-order valence-corrected chi connectivity index (χ0v) is 10.7. The average Bonchev–Trinajstić information content (AvgIpc) is 2.89. The quantitative estimate of drug-likeness (QED) is 0.583. The second kappa shape index (κ2) is 5.09. The van der Waals surface area contributed by atoms with Crippen LogP contribution in [0.15, 0.2) is 59.0 Å². The molecule has 20 heavy (non-hydrogen) atoms. The van der Waals surface area contributed by atoms with Crippen LogP contribution < -0.4 is 5.73 Å². The SMILES string of the molecule is Nc1ccc2oc(C(=O)OCc3ccccc3)cc2c1. The van der Waals surface area contributed by atoms with Crippen molar-refractivity contribution in [3.05, 3.63) is 65.9 Å². The lowest BCUT2D eigenvalue weighted by atomic mass is 10.2. The molecule has 4 nitrogen and oxygen atoms in total. The first-order valence-corrected chi connectivity index (χ1v) is 6.22. The molecule has 0 spiro atoms. The smallest absolute Gasteiger partial charge is 0.374 e. The van der Waals surface area contributed by atoms with E-state index in [1.165, 1.54) is 0 Å². The van der Waals surface area contributed by atoms with Gasteiger partial charge < -0.3 is 14.9 Å². The molecule has 0 saturated carbocycles. The molecule has 0 radical (unpaired) electrons. The third kappa shape index (κ3) is 2.49. The van der Waals surface area contributed by atoms with Crippen molar-refractivity contribution in [1.29, 1.82) is 0 Å². The summed E-state index contributed by atoms with van der Waals surface area (Å²) in [5, 5.41) is 0.789. The molecule has 0 aliphatic carbocycles. The number of rotatable bonds is 3. The van der Waals surface area contributed by atoms with Crippen molar-refractivity contribution >= 4 is 22.6 Å². The summed E-state index contributed by atoms with van der Waals surface area (Å²) in [5.74, 6) is -0.301. The van der Waals surface area contributed by atoms with Crippen LogP contribution in [0.5, 0.6) is 0 Å². The third-order valence-corrected chi connectivity index (χ3v) is 2.95. The molecule has 0 aliphatic heterocycles. The Bertz CT molecular complexity index is 747.